The van der Waals surface area contributed by atoms with Crippen LogP contribution in [0.15, 0.2) is 0 Å². The largest absolute Gasteiger partial charge is 0.297 e. The third-order valence-electron chi connectivity index (χ3n) is 2.35. The molecule has 1 unspecified atom stereocenters. The van der Waals surface area contributed by atoms with Gasteiger partial charge >= 0.3 is 0 Å². The minimum absolute atomic E-state index is 0.278. The summed E-state index contributed by atoms with van der Waals surface area (Å²) in [6.45, 7) is 5.26. The number of rotatable bonds is 3. The topological polar surface area (TPSA) is 37.4 Å². The first-order chi connectivity index (χ1) is 5.40. The highest BCUT2D eigenvalue weighted by Gasteiger charge is 2.31. The molecule has 1 aliphatic rings. The molecule has 0 aromatic heterocycles. The smallest absolute Gasteiger partial charge is 0.148 e. The minimum atomic E-state index is -2.79. The van der Waals surface area contributed by atoms with E-state index in [1.807, 2.05) is 0 Å². The zero-order valence-electron chi connectivity index (χ0n) is 7.95. The maximum atomic E-state index is 11.0. The molecule has 4 heteroatoms. The predicted octanol–water partition coefficient (Wildman–Crippen LogP) is 0.514. The Morgan fingerprint density at radius 3 is 2.33 bits per heavy atom. The van der Waals surface area contributed by atoms with Crippen LogP contribution < -0.4 is 0 Å². The van der Waals surface area contributed by atoms with Gasteiger partial charge in [-0.05, 0) is 20.3 Å². The second kappa shape index (κ2) is 3.34. The lowest BCUT2D eigenvalue weighted by Crippen LogP contribution is -2.54. The Kier molecular flexibility index (Phi) is 2.78. The lowest BCUT2D eigenvalue weighted by molar-refractivity contribution is 0.0713. The summed E-state index contributed by atoms with van der Waals surface area (Å²) in [5.74, 6) is 0.325. The lowest BCUT2D eigenvalue weighted by Gasteiger charge is -2.43. The van der Waals surface area contributed by atoms with E-state index in [9.17, 15) is 8.42 Å². The number of nitrogens with zero attached hydrogens (tertiary/aromatic N) is 1. The number of hydrogen-bond donors (Lipinski definition) is 0. The van der Waals surface area contributed by atoms with Crippen LogP contribution in [0.2, 0.25) is 0 Å². The molecule has 1 aliphatic heterocycles. The van der Waals surface area contributed by atoms with Crippen LogP contribution in [0.3, 0.4) is 0 Å². The van der Waals surface area contributed by atoms with Gasteiger partial charge in [0.2, 0.25) is 0 Å². The molecule has 0 bridgehead atoms. The minimum Gasteiger partial charge on any atom is -0.297 e. The molecule has 0 aliphatic carbocycles. The molecule has 3 nitrogen and oxygen atoms in total. The summed E-state index contributed by atoms with van der Waals surface area (Å²) in [7, 11) is -2.79. The summed E-state index contributed by atoms with van der Waals surface area (Å²) < 4.78 is 22.0. The Morgan fingerprint density at radius 2 is 2.08 bits per heavy atom. The molecule has 72 valence electrons. The van der Waals surface area contributed by atoms with E-state index in [2.05, 4.69) is 18.7 Å². The van der Waals surface area contributed by atoms with Crippen molar-refractivity contribution in [2.75, 3.05) is 18.6 Å². The van der Waals surface area contributed by atoms with Crippen LogP contribution in [-0.2, 0) is 9.84 Å². The summed E-state index contributed by atoms with van der Waals surface area (Å²) >= 11 is 0. The zero-order chi connectivity index (χ0) is 9.35. The highest BCUT2D eigenvalue weighted by molar-refractivity contribution is 7.90. The van der Waals surface area contributed by atoms with Gasteiger partial charge < -0.3 is 0 Å². The summed E-state index contributed by atoms with van der Waals surface area (Å²) in [6, 6.07) is 0.755. The van der Waals surface area contributed by atoms with E-state index in [0.29, 0.717) is 11.8 Å². The van der Waals surface area contributed by atoms with E-state index in [-0.39, 0.29) is 6.04 Å². The molecule has 0 saturated carbocycles. The van der Waals surface area contributed by atoms with Crippen LogP contribution in [0.25, 0.3) is 0 Å². The third-order valence-corrected chi connectivity index (χ3v) is 3.34. The molecule has 1 saturated heterocycles. The van der Waals surface area contributed by atoms with Gasteiger partial charge in [-0.15, -0.1) is 0 Å². The Bertz CT molecular complexity index is 246. The van der Waals surface area contributed by atoms with Gasteiger partial charge in [0.1, 0.15) is 9.84 Å². The number of hydrogen-bond acceptors (Lipinski definition) is 3. The molecule has 0 aromatic carbocycles. The highest BCUT2D eigenvalue weighted by Crippen LogP contribution is 2.21. The number of sulfone groups is 1. The molecule has 0 N–H and O–H groups in total. The SMILES string of the molecule is CC(C)N1CCC1CS(C)(=O)=O. The van der Waals surface area contributed by atoms with E-state index < -0.39 is 9.84 Å². The van der Waals surface area contributed by atoms with Crippen LogP contribution in [0, 0.1) is 0 Å². The van der Waals surface area contributed by atoms with Crippen molar-refractivity contribution in [3.8, 4) is 0 Å². The first kappa shape index (κ1) is 9.99. The Balaban J connectivity index is 2.46. The van der Waals surface area contributed by atoms with Crippen molar-refractivity contribution in [3.63, 3.8) is 0 Å². The Labute approximate surface area is 74.7 Å². The third kappa shape index (κ3) is 2.45. The fourth-order valence-corrected chi connectivity index (χ4v) is 2.73. The highest BCUT2D eigenvalue weighted by atomic mass is 32.2. The molecule has 1 fully saturated rings. The summed E-state index contributed by atoms with van der Waals surface area (Å²) in [5, 5.41) is 0. The first-order valence-electron chi connectivity index (χ1n) is 4.33. The van der Waals surface area contributed by atoms with Crippen molar-refractivity contribution in [1.29, 1.82) is 0 Å². The van der Waals surface area contributed by atoms with Crippen LogP contribution in [0.1, 0.15) is 20.3 Å². The Morgan fingerprint density at radius 1 is 1.50 bits per heavy atom. The van der Waals surface area contributed by atoms with Gasteiger partial charge in [-0.1, -0.05) is 0 Å². The lowest BCUT2D eigenvalue weighted by atomic mass is 10.0. The second-order valence-corrected chi connectivity index (χ2v) is 6.05. The average Bonchev–Trinajstić information content (AvgIpc) is 1.77. The molecular weight excluding hydrogens is 174 g/mol. The summed E-state index contributed by atoms with van der Waals surface area (Å²) in [4.78, 5) is 2.24. The molecule has 1 heterocycles. The molecule has 1 atom stereocenters. The van der Waals surface area contributed by atoms with Gasteiger partial charge in [-0.3, -0.25) is 4.90 Å². The summed E-state index contributed by atoms with van der Waals surface area (Å²) in [5.41, 5.74) is 0. The van der Waals surface area contributed by atoms with Gasteiger partial charge in [0.05, 0.1) is 5.75 Å². The van der Waals surface area contributed by atoms with E-state index in [0.717, 1.165) is 13.0 Å². The van der Waals surface area contributed by atoms with Crippen molar-refractivity contribution in [2.24, 2.45) is 0 Å². The van der Waals surface area contributed by atoms with Crippen molar-refractivity contribution in [2.45, 2.75) is 32.4 Å². The van der Waals surface area contributed by atoms with Crippen molar-refractivity contribution >= 4 is 9.84 Å². The van der Waals surface area contributed by atoms with Crippen LogP contribution >= 0.6 is 0 Å². The zero-order valence-corrected chi connectivity index (χ0v) is 8.76. The second-order valence-electron chi connectivity index (χ2n) is 3.87. The Hall–Kier alpha value is -0.0900. The molecule has 0 aromatic rings. The molecule has 12 heavy (non-hydrogen) atoms. The van der Waals surface area contributed by atoms with Crippen molar-refractivity contribution < 1.29 is 8.42 Å². The fraction of sp³-hybridized carbons (Fsp3) is 1.00. The summed E-state index contributed by atoms with van der Waals surface area (Å²) in [6.07, 6.45) is 2.34. The van der Waals surface area contributed by atoms with E-state index in [1.54, 1.807) is 0 Å². The maximum Gasteiger partial charge on any atom is 0.148 e. The average molecular weight is 191 g/mol. The van der Waals surface area contributed by atoms with Gasteiger partial charge in [0.25, 0.3) is 0 Å². The molecule has 0 amide bonds. The van der Waals surface area contributed by atoms with Crippen molar-refractivity contribution in [1.82, 2.24) is 4.90 Å². The molecule has 1 rings (SSSR count). The monoisotopic (exact) mass is 191 g/mol. The van der Waals surface area contributed by atoms with Gasteiger partial charge in [-0.2, -0.15) is 0 Å². The standard InChI is InChI=1S/C8H17NO2S/c1-7(2)9-5-4-8(9)6-12(3,10)11/h7-8H,4-6H2,1-3H3. The van der Waals surface area contributed by atoms with Crippen LogP contribution in [0.4, 0.5) is 0 Å². The predicted molar refractivity (Wildman–Crippen MR) is 50.0 cm³/mol. The van der Waals surface area contributed by atoms with Gasteiger partial charge in [-0.25, -0.2) is 8.42 Å². The normalized spacial score (nSPS) is 25.8. The molecule has 0 radical (unpaired) electrons. The van der Waals surface area contributed by atoms with E-state index >= 15 is 0 Å². The number of likely N-dealkylation sites (tertiary alicyclic amines) is 1. The van der Waals surface area contributed by atoms with Gasteiger partial charge in [0, 0.05) is 24.9 Å². The first-order valence-corrected chi connectivity index (χ1v) is 6.39. The molecule has 0 spiro atoms. The maximum absolute atomic E-state index is 11.0. The van der Waals surface area contributed by atoms with E-state index in [1.165, 1.54) is 6.26 Å². The van der Waals surface area contributed by atoms with Crippen LogP contribution in [0.5, 0.6) is 0 Å². The van der Waals surface area contributed by atoms with Crippen LogP contribution in [-0.4, -0.2) is 44.0 Å². The van der Waals surface area contributed by atoms with E-state index in [4.69, 9.17) is 0 Å². The van der Waals surface area contributed by atoms with Gasteiger partial charge in [0.15, 0.2) is 0 Å². The molecular formula is C8H17NO2S. The quantitative estimate of drug-likeness (QED) is 0.652. The van der Waals surface area contributed by atoms with Crippen molar-refractivity contribution in [3.05, 3.63) is 0 Å². The fourth-order valence-electron chi connectivity index (χ4n) is 1.67.